The molecule has 0 heterocycles. The van der Waals surface area contributed by atoms with Crippen LogP contribution in [-0.2, 0) is 6.61 Å². The Hall–Kier alpha value is -2.01. The van der Waals surface area contributed by atoms with Gasteiger partial charge in [0, 0.05) is 0 Å². The summed E-state index contributed by atoms with van der Waals surface area (Å²) in [4.78, 5) is 11.1. The van der Waals surface area contributed by atoms with E-state index in [4.69, 9.17) is 14.2 Å². The Morgan fingerprint density at radius 1 is 1.10 bits per heavy atom. The van der Waals surface area contributed by atoms with Gasteiger partial charge >= 0.3 is 0 Å². The highest BCUT2D eigenvalue weighted by atomic mass is 79.9. The largest absolute Gasteiger partial charge is 0.496 e. The lowest BCUT2D eigenvalue weighted by Gasteiger charge is -2.13. The lowest BCUT2D eigenvalue weighted by Crippen LogP contribution is -2.01. The number of aldehydes is 1. The van der Waals surface area contributed by atoms with Crippen molar-refractivity contribution in [2.75, 3.05) is 14.2 Å². The molecule has 0 spiro atoms. The summed E-state index contributed by atoms with van der Waals surface area (Å²) in [5.41, 5.74) is 1.41. The van der Waals surface area contributed by atoms with Gasteiger partial charge < -0.3 is 14.2 Å². The highest BCUT2D eigenvalue weighted by molar-refractivity contribution is 9.10. The first-order valence-corrected chi connectivity index (χ1v) is 7.06. The van der Waals surface area contributed by atoms with E-state index < -0.39 is 0 Å². The zero-order valence-electron chi connectivity index (χ0n) is 11.8. The van der Waals surface area contributed by atoms with Gasteiger partial charge in [0.25, 0.3) is 0 Å². The second kappa shape index (κ2) is 7.13. The number of carbonyl (C=O) groups excluding carboxylic acids is 1. The van der Waals surface area contributed by atoms with Gasteiger partial charge in [-0.1, -0.05) is 12.1 Å². The third-order valence-electron chi connectivity index (χ3n) is 2.96. The Kier molecular flexibility index (Phi) is 5.22. The quantitative estimate of drug-likeness (QED) is 0.742. The molecular weight excluding hydrogens is 336 g/mol. The Morgan fingerprint density at radius 3 is 2.48 bits per heavy atom. The number of halogens is 1. The van der Waals surface area contributed by atoms with Crippen LogP contribution in [0.3, 0.4) is 0 Å². The zero-order chi connectivity index (χ0) is 15.2. The van der Waals surface area contributed by atoms with E-state index in [0.29, 0.717) is 23.7 Å². The summed E-state index contributed by atoms with van der Waals surface area (Å²) in [7, 11) is 3.15. The summed E-state index contributed by atoms with van der Waals surface area (Å²) >= 11 is 3.43. The first-order chi connectivity index (χ1) is 10.2. The van der Waals surface area contributed by atoms with Crippen molar-refractivity contribution >= 4 is 22.2 Å². The highest BCUT2D eigenvalue weighted by Gasteiger charge is 2.10. The Bertz CT molecular complexity index is 640. The third kappa shape index (κ3) is 3.55. The van der Waals surface area contributed by atoms with Gasteiger partial charge in [0.2, 0.25) is 0 Å². The monoisotopic (exact) mass is 350 g/mol. The molecule has 0 saturated carbocycles. The van der Waals surface area contributed by atoms with Gasteiger partial charge in [-0.25, -0.2) is 0 Å². The average molecular weight is 351 g/mol. The second-order valence-corrected chi connectivity index (χ2v) is 5.11. The number of hydrogen-bond donors (Lipinski definition) is 0. The van der Waals surface area contributed by atoms with Crippen LogP contribution in [0.5, 0.6) is 17.2 Å². The predicted octanol–water partition coefficient (Wildman–Crippen LogP) is 3.86. The maximum absolute atomic E-state index is 11.1. The normalized spacial score (nSPS) is 10.0. The molecule has 21 heavy (non-hydrogen) atoms. The topological polar surface area (TPSA) is 44.8 Å². The molecule has 5 heteroatoms. The minimum absolute atomic E-state index is 0.323. The second-order valence-electron chi connectivity index (χ2n) is 4.25. The standard InChI is InChI=1S/C16H15BrO4/c1-19-14-7-6-11(8-13(14)17)10-21-16-12(9-18)4-3-5-15(16)20-2/h3-9H,10H2,1-2H3. The molecule has 0 aliphatic rings. The highest BCUT2D eigenvalue weighted by Crippen LogP contribution is 2.31. The molecule has 110 valence electrons. The number of methoxy groups -OCH3 is 2. The Balaban J connectivity index is 2.20. The minimum Gasteiger partial charge on any atom is -0.496 e. The average Bonchev–Trinajstić information content (AvgIpc) is 2.52. The summed E-state index contributed by atoms with van der Waals surface area (Å²) in [6, 6.07) is 10.9. The van der Waals surface area contributed by atoms with Crippen molar-refractivity contribution in [3.05, 3.63) is 52.0 Å². The van der Waals surface area contributed by atoms with Gasteiger partial charge in [-0.3, -0.25) is 4.79 Å². The van der Waals surface area contributed by atoms with E-state index in [1.54, 1.807) is 32.4 Å². The maximum Gasteiger partial charge on any atom is 0.172 e. The lowest BCUT2D eigenvalue weighted by atomic mass is 10.2. The SMILES string of the molecule is COc1ccc(COc2c(C=O)cccc2OC)cc1Br. The van der Waals surface area contributed by atoms with Crippen LogP contribution in [0.15, 0.2) is 40.9 Å². The lowest BCUT2D eigenvalue weighted by molar-refractivity contribution is 0.111. The van der Waals surface area contributed by atoms with Crippen LogP contribution in [0.4, 0.5) is 0 Å². The van der Waals surface area contributed by atoms with E-state index in [0.717, 1.165) is 22.1 Å². The molecule has 0 aliphatic heterocycles. The van der Waals surface area contributed by atoms with Crippen molar-refractivity contribution < 1.29 is 19.0 Å². The van der Waals surface area contributed by atoms with E-state index in [1.165, 1.54) is 0 Å². The summed E-state index contributed by atoms with van der Waals surface area (Å²) in [6.45, 7) is 0.323. The van der Waals surface area contributed by atoms with Gasteiger partial charge in [-0.2, -0.15) is 0 Å². The molecule has 0 fully saturated rings. The smallest absolute Gasteiger partial charge is 0.172 e. The van der Waals surface area contributed by atoms with Crippen molar-refractivity contribution in [2.45, 2.75) is 6.61 Å². The number of carbonyl (C=O) groups is 1. The molecule has 0 saturated heterocycles. The number of hydrogen-bond acceptors (Lipinski definition) is 4. The Morgan fingerprint density at radius 2 is 1.86 bits per heavy atom. The zero-order valence-corrected chi connectivity index (χ0v) is 13.3. The van der Waals surface area contributed by atoms with Gasteiger partial charge in [-0.15, -0.1) is 0 Å². The first kappa shape index (κ1) is 15.4. The molecule has 0 radical (unpaired) electrons. The number of para-hydroxylation sites is 1. The molecule has 0 bridgehead atoms. The predicted molar refractivity (Wildman–Crippen MR) is 83.4 cm³/mol. The van der Waals surface area contributed by atoms with Crippen LogP contribution in [0.1, 0.15) is 15.9 Å². The summed E-state index contributed by atoms with van der Waals surface area (Å²) in [6.07, 6.45) is 0.752. The molecule has 0 atom stereocenters. The summed E-state index contributed by atoms with van der Waals surface area (Å²) in [5.74, 6) is 1.73. The fourth-order valence-electron chi connectivity index (χ4n) is 1.90. The van der Waals surface area contributed by atoms with Crippen LogP contribution in [-0.4, -0.2) is 20.5 Å². The maximum atomic E-state index is 11.1. The van der Waals surface area contributed by atoms with E-state index in [-0.39, 0.29) is 0 Å². The van der Waals surface area contributed by atoms with E-state index >= 15 is 0 Å². The van der Waals surface area contributed by atoms with Crippen molar-refractivity contribution in [3.8, 4) is 17.2 Å². The Labute approximate surface area is 131 Å². The summed E-state index contributed by atoms with van der Waals surface area (Å²) in [5, 5.41) is 0. The molecule has 0 unspecified atom stereocenters. The van der Waals surface area contributed by atoms with E-state index in [1.807, 2.05) is 18.2 Å². The molecule has 0 aromatic heterocycles. The molecule has 2 aromatic rings. The van der Waals surface area contributed by atoms with Crippen LogP contribution in [0.25, 0.3) is 0 Å². The van der Waals surface area contributed by atoms with Crippen molar-refractivity contribution in [2.24, 2.45) is 0 Å². The van der Waals surface area contributed by atoms with Crippen LogP contribution < -0.4 is 14.2 Å². The first-order valence-electron chi connectivity index (χ1n) is 6.27. The third-order valence-corrected chi connectivity index (χ3v) is 3.58. The number of ether oxygens (including phenoxy) is 3. The van der Waals surface area contributed by atoms with Gasteiger partial charge in [-0.05, 0) is 45.8 Å². The fraction of sp³-hybridized carbons (Fsp3) is 0.188. The molecule has 0 amide bonds. The molecular formula is C16H15BrO4. The van der Waals surface area contributed by atoms with Crippen molar-refractivity contribution in [1.29, 1.82) is 0 Å². The van der Waals surface area contributed by atoms with Gasteiger partial charge in [0.1, 0.15) is 12.4 Å². The van der Waals surface area contributed by atoms with Crippen molar-refractivity contribution in [1.82, 2.24) is 0 Å². The van der Waals surface area contributed by atoms with Crippen molar-refractivity contribution in [3.63, 3.8) is 0 Å². The van der Waals surface area contributed by atoms with Crippen LogP contribution in [0.2, 0.25) is 0 Å². The molecule has 2 aromatic carbocycles. The van der Waals surface area contributed by atoms with E-state index in [9.17, 15) is 4.79 Å². The molecule has 0 N–H and O–H groups in total. The number of rotatable bonds is 6. The van der Waals surface area contributed by atoms with Gasteiger partial charge in [0.15, 0.2) is 17.8 Å². The molecule has 0 aliphatic carbocycles. The van der Waals surface area contributed by atoms with Crippen LogP contribution >= 0.6 is 15.9 Å². The summed E-state index contributed by atoms with van der Waals surface area (Å²) < 4.78 is 17.0. The molecule has 2 rings (SSSR count). The fourth-order valence-corrected chi connectivity index (χ4v) is 2.48. The minimum atomic E-state index is 0.323. The van der Waals surface area contributed by atoms with Crippen LogP contribution in [0, 0.1) is 0 Å². The number of benzene rings is 2. The van der Waals surface area contributed by atoms with Gasteiger partial charge in [0.05, 0.1) is 24.3 Å². The molecule has 4 nitrogen and oxygen atoms in total. The van der Waals surface area contributed by atoms with E-state index in [2.05, 4.69) is 15.9 Å².